The molecule has 0 bridgehead atoms. The molecule has 0 aliphatic rings. The second kappa shape index (κ2) is 5.35. The van der Waals surface area contributed by atoms with Crippen LogP contribution in [0.25, 0.3) is 0 Å². The molecule has 0 heterocycles. The van der Waals surface area contributed by atoms with Gasteiger partial charge in [-0.05, 0) is 43.5 Å². The van der Waals surface area contributed by atoms with Gasteiger partial charge in [0.25, 0.3) is 0 Å². The number of aliphatic hydroxyl groups excluding tert-OH is 1. The maximum absolute atomic E-state index is 9.77. The standard InChI is InChI=1S/C11H16ClNO/c1-8-7-9(4-5-10(8)12)11(14)3-2-6-13/h4-5,7,11,14H,2-3,6,13H2,1H3. The van der Waals surface area contributed by atoms with Crippen molar-refractivity contribution in [3.63, 3.8) is 0 Å². The molecule has 0 amide bonds. The van der Waals surface area contributed by atoms with Crippen LogP contribution in [0.1, 0.15) is 30.1 Å². The summed E-state index contributed by atoms with van der Waals surface area (Å²) in [6, 6.07) is 5.60. The lowest BCUT2D eigenvalue weighted by Gasteiger charge is -2.11. The van der Waals surface area contributed by atoms with Crippen LogP contribution in [0.4, 0.5) is 0 Å². The molecule has 1 rings (SSSR count). The molecule has 0 radical (unpaired) electrons. The third-order valence-electron chi connectivity index (χ3n) is 2.25. The molecule has 1 aromatic rings. The van der Waals surface area contributed by atoms with E-state index in [1.165, 1.54) is 0 Å². The van der Waals surface area contributed by atoms with Crippen LogP contribution in [0.15, 0.2) is 18.2 Å². The Balaban J connectivity index is 2.70. The summed E-state index contributed by atoms with van der Waals surface area (Å²) in [6.07, 6.45) is 1.12. The van der Waals surface area contributed by atoms with Gasteiger partial charge >= 0.3 is 0 Å². The number of benzene rings is 1. The topological polar surface area (TPSA) is 46.2 Å². The van der Waals surface area contributed by atoms with E-state index in [0.717, 1.165) is 22.6 Å². The van der Waals surface area contributed by atoms with Crippen molar-refractivity contribution in [3.05, 3.63) is 34.3 Å². The lowest BCUT2D eigenvalue weighted by Crippen LogP contribution is -2.03. The average Bonchev–Trinajstić information content (AvgIpc) is 2.18. The van der Waals surface area contributed by atoms with E-state index in [9.17, 15) is 5.11 Å². The van der Waals surface area contributed by atoms with Gasteiger partial charge in [-0.3, -0.25) is 0 Å². The van der Waals surface area contributed by atoms with Gasteiger partial charge < -0.3 is 10.8 Å². The number of aryl methyl sites for hydroxylation is 1. The molecule has 3 heteroatoms. The lowest BCUT2D eigenvalue weighted by atomic mass is 10.0. The quantitative estimate of drug-likeness (QED) is 0.807. The SMILES string of the molecule is Cc1cc(C(O)CCCN)ccc1Cl. The second-order valence-electron chi connectivity index (χ2n) is 3.46. The molecule has 0 aromatic heterocycles. The van der Waals surface area contributed by atoms with Crippen molar-refractivity contribution in [1.82, 2.24) is 0 Å². The summed E-state index contributed by atoms with van der Waals surface area (Å²) >= 11 is 5.89. The highest BCUT2D eigenvalue weighted by Gasteiger charge is 2.07. The number of rotatable bonds is 4. The third kappa shape index (κ3) is 2.98. The summed E-state index contributed by atoms with van der Waals surface area (Å²) in [4.78, 5) is 0. The average molecular weight is 214 g/mol. The largest absolute Gasteiger partial charge is 0.388 e. The van der Waals surface area contributed by atoms with Gasteiger partial charge in [0.1, 0.15) is 0 Å². The molecule has 0 aliphatic carbocycles. The van der Waals surface area contributed by atoms with Crippen LogP contribution in [-0.4, -0.2) is 11.7 Å². The second-order valence-corrected chi connectivity index (χ2v) is 3.86. The van der Waals surface area contributed by atoms with Gasteiger partial charge in [0.15, 0.2) is 0 Å². The normalized spacial score (nSPS) is 12.9. The van der Waals surface area contributed by atoms with Crippen LogP contribution in [-0.2, 0) is 0 Å². The molecule has 0 spiro atoms. The predicted molar refractivity (Wildman–Crippen MR) is 59.4 cm³/mol. The van der Waals surface area contributed by atoms with Gasteiger partial charge in [-0.2, -0.15) is 0 Å². The zero-order valence-corrected chi connectivity index (χ0v) is 9.09. The molecule has 1 atom stereocenters. The monoisotopic (exact) mass is 213 g/mol. The fourth-order valence-electron chi connectivity index (χ4n) is 1.35. The van der Waals surface area contributed by atoms with Crippen molar-refractivity contribution in [2.45, 2.75) is 25.9 Å². The summed E-state index contributed by atoms with van der Waals surface area (Å²) < 4.78 is 0. The Bertz CT molecular complexity index is 301. The van der Waals surface area contributed by atoms with Crippen LogP contribution < -0.4 is 5.73 Å². The van der Waals surface area contributed by atoms with E-state index in [0.29, 0.717) is 13.0 Å². The maximum Gasteiger partial charge on any atom is 0.0790 e. The van der Waals surface area contributed by atoms with Gasteiger partial charge in [0.2, 0.25) is 0 Å². The lowest BCUT2D eigenvalue weighted by molar-refractivity contribution is 0.165. The van der Waals surface area contributed by atoms with Crippen LogP contribution in [0.2, 0.25) is 5.02 Å². The van der Waals surface area contributed by atoms with Crippen LogP contribution in [0.3, 0.4) is 0 Å². The first kappa shape index (κ1) is 11.5. The number of hydrogen-bond donors (Lipinski definition) is 2. The zero-order chi connectivity index (χ0) is 10.6. The van der Waals surface area contributed by atoms with E-state index in [-0.39, 0.29) is 0 Å². The van der Waals surface area contributed by atoms with Crippen LogP contribution in [0, 0.1) is 6.92 Å². The van der Waals surface area contributed by atoms with Gasteiger partial charge in [-0.25, -0.2) is 0 Å². The third-order valence-corrected chi connectivity index (χ3v) is 2.67. The van der Waals surface area contributed by atoms with Crippen molar-refractivity contribution >= 4 is 11.6 Å². The molecule has 0 fully saturated rings. The Kier molecular flexibility index (Phi) is 4.39. The molecular formula is C11H16ClNO. The highest BCUT2D eigenvalue weighted by atomic mass is 35.5. The van der Waals surface area contributed by atoms with Gasteiger partial charge in [-0.15, -0.1) is 0 Å². The van der Waals surface area contributed by atoms with E-state index in [1.54, 1.807) is 0 Å². The van der Waals surface area contributed by atoms with E-state index >= 15 is 0 Å². The Hall–Kier alpha value is -0.570. The van der Waals surface area contributed by atoms with E-state index in [4.69, 9.17) is 17.3 Å². The van der Waals surface area contributed by atoms with E-state index in [2.05, 4.69) is 0 Å². The molecule has 1 aromatic carbocycles. The number of halogens is 1. The first-order valence-electron chi connectivity index (χ1n) is 4.79. The molecule has 14 heavy (non-hydrogen) atoms. The van der Waals surface area contributed by atoms with Crippen molar-refractivity contribution < 1.29 is 5.11 Å². The van der Waals surface area contributed by atoms with Crippen molar-refractivity contribution in [3.8, 4) is 0 Å². The minimum Gasteiger partial charge on any atom is -0.388 e. The molecule has 2 nitrogen and oxygen atoms in total. The Morgan fingerprint density at radius 1 is 1.50 bits per heavy atom. The number of aliphatic hydroxyl groups is 1. The fourth-order valence-corrected chi connectivity index (χ4v) is 1.47. The molecule has 78 valence electrons. The number of hydrogen-bond acceptors (Lipinski definition) is 2. The first-order chi connectivity index (χ1) is 6.65. The van der Waals surface area contributed by atoms with Crippen molar-refractivity contribution in [2.75, 3.05) is 6.54 Å². The van der Waals surface area contributed by atoms with Crippen LogP contribution >= 0.6 is 11.6 Å². The highest BCUT2D eigenvalue weighted by Crippen LogP contribution is 2.23. The van der Waals surface area contributed by atoms with Crippen LogP contribution in [0.5, 0.6) is 0 Å². The predicted octanol–water partition coefficient (Wildman–Crippen LogP) is 2.42. The van der Waals surface area contributed by atoms with Gasteiger partial charge in [-0.1, -0.05) is 23.7 Å². The summed E-state index contributed by atoms with van der Waals surface area (Å²) in [5, 5.41) is 10.5. The molecule has 3 N–H and O–H groups in total. The number of nitrogens with two attached hydrogens (primary N) is 1. The summed E-state index contributed by atoms with van der Waals surface area (Å²) in [6.45, 7) is 2.55. The molecule has 0 saturated heterocycles. The fraction of sp³-hybridized carbons (Fsp3) is 0.455. The minimum atomic E-state index is -0.422. The minimum absolute atomic E-state index is 0.422. The molecule has 0 aliphatic heterocycles. The van der Waals surface area contributed by atoms with Crippen molar-refractivity contribution in [1.29, 1.82) is 0 Å². The zero-order valence-electron chi connectivity index (χ0n) is 8.33. The maximum atomic E-state index is 9.77. The Morgan fingerprint density at radius 2 is 2.21 bits per heavy atom. The molecule has 0 saturated carbocycles. The molecular weight excluding hydrogens is 198 g/mol. The summed E-state index contributed by atoms with van der Waals surface area (Å²) in [5.41, 5.74) is 7.29. The van der Waals surface area contributed by atoms with Crippen molar-refractivity contribution in [2.24, 2.45) is 5.73 Å². The smallest absolute Gasteiger partial charge is 0.0790 e. The van der Waals surface area contributed by atoms with E-state index < -0.39 is 6.10 Å². The van der Waals surface area contributed by atoms with E-state index in [1.807, 2.05) is 25.1 Å². The van der Waals surface area contributed by atoms with Gasteiger partial charge in [0, 0.05) is 5.02 Å². The van der Waals surface area contributed by atoms with Gasteiger partial charge in [0.05, 0.1) is 6.10 Å². The summed E-state index contributed by atoms with van der Waals surface area (Å²) in [5.74, 6) is 0. The first-order valence-corrected chi connectivity index (χ1v) is 5.17. The molecule has 1 unspecified atom stereocenters. The highest BCUT2D eigenvalue weighted by molar-refractivity contribution is 6.31. The Labute approximate surface area is 89.7 Å². The Morgan fingerprint density at radius 3 is 2.79 bits per heavy atom. The summed E-state index contributed by atoms with van der Waals surface area (Å²) in [7, 11) is 0.